The third-order valence-corrected chi connectivity index (χ3v) is 5.07. The van der Waals surface area contributed by atoms with Crippen molar-refractivity contribution in [3.63, 3.8) is 0 Å². The molecule has 2 aromatic rings. The summed E-state index contributed by atoms with van der Waals surface area (Å²) in [5.74, 6) is 0.490. The summed E-state index contributed by atoms with van der Waals surface area (Å²) < 4.78 is 0. The highest BCUT2D eigenvalue weighted by molar-refractivity contribution is 7.98. The molecule has 0 radical (unpaired) electrons. The van der Waals surface area contributed by atoms with Gasteiger partial charge in [-0.05, 0) is 42.7 Å². The van der Waals surface area contributed by atoms with Crippen molar-refractivity contribution >= 4 is 23.4 Å². The van der Waals surface area contributed by atoms with Gasteiger partial charge in [0.2, 0.25) is 0 Å². The number of likely N-dealkylation sites (tertiary alicyclic amines) is 1. The van der Waals surface area contributed by atoms with E-state index < -0.39 is 4.92 Å². The first-order chi connectivity index (χ1) is 11.6. The van der Waals surface area contributed by atoms with Crippen LogP contribution in [0.2, 0.25) is 0 Å². The summed E-state index contributed by atoms with van der Waals surface area (Å²) in [4.78, 5) is 29.6. The molecule has 1 aromatic carbocycles. The van der Waals surface area contributed by atoms with Crippen LogP contribution >= 0.6 is 11.8 Å². The fourth-order valence-corrected chi connectivity index (χ4v) is 3.62. The minimum absolute atomic E-state index is 0.0147. The van der Waals surface area contributed by atoms with E-state index in [0.29, 0.717) is 16.2 Å². The Labute approximate surface area is 144 Å². The largest absolute Gasteiger partial charge is 0.339 e. The van der Waals surface area contributed by atoms with Crippen LogP contribution in [0.15, 0.2) is 47.6 Å². The quantitative estimate of drug-likeness (QED) is 0.472. The van der Waals surface area contributed by atoms with Gasteiger partial charge in [-0.15, -0.1) is 11.8 Å². The van der Waals surface area contributed by atoms with Crippen LogP contribution in [0.4, 0.5) is 5.69 Å². The number of nitro benzene ring substituents is 1. The molecule has 0 unspecified atom stereocenters. The molecular formula is C17H17N3O3S. The van der Waals surface area contributed by atoms with E-state index in [9.17, 15) is 14.9 Å². The second-order valence-corrected chi connectivity index (χ2v) is 6.60. The molecule has 1 aliphatic rings. The lowest BCUT2D eigenvalue weighted by Crippen LogP contribution is -2.27. The molecule has 2 heterocycles. The summed E-state index contributed by atoms with van der Waals surface area (Å²) in [6, 6.07) is 8.51. The van der Waals surface area contributed by atoms with Crippen LogP contribution in [0.1, 0.15) is 28.8 Å². The summed E-state index contributed by atoms with van der Waals surface area (Å²) in [5, 5.41) is 11.4. The molecule has 1 aromatic heterocycles. The third kappa shape index (κ3) is 3.73. The first-order valence-electron chi connectivity index (χ1n) is 7.74. The fraction of sp³-hybridized carbons (Fsp3) is 0.294. The third-order valence-electron chi connectivity index (χ3n) is 3.94. The maximum Gasteiger partial charge on any atom is 0.283 e. The fourth-order valence-electron chi connectivity index (χ4n) is 2.66. The van der Waals surface area contributed by atoms with E-state index in [-0.39, 0.29) is 11.6 Å². The van der Waals surface area contributed by atoms with E-state index in [2.05, 4.69) is 4.98 Å². The number of benzene rings is 1. The average molecular weight is 343 g/mol. The number of nitrogens with zero attached hydrogens (tertiary/aromatic N) is 3. The summed E-state index contributed by atoms with van der Waals surface area (Å²) in [7, 11) is 0. The molecule has 1 fully saturated rings. The second kappa shape index (κ2) is 7.44. The Morgan fingerprint density at radius 2 is 1.92 bits per heavy atom. The van der Waals surface area contributed by atoms with Gasteiger partial charge in [-0.1, -0.05) is 0 Å². The average Bonchev–Trinajstić information content (AvgIpc) is 3.14. The molecule has 0 spiro atoms. The molecule has 3 rings (SSSR count). The first-order valence-corrected chi connectivity index (χ1v) is 8.73. The predicted molar refractivity (Wildman–Crippen MR) is 92.0 cm³/mol. The van der Waals surface area contributed by atoms with Crippen LogP contribution in [0.5, 0.6) is 0 Å². The van der Waals surface area contributed by atoms with Gasteiger partial charge in [0.15, 0.2) is 0 Å². The van der Waals surface area contributed by atoms with Gasteiger partial charge in [0, 0.05) is 42.9 Å². The summed E-state index contributed by atoms with van der Waals surface area (Å²) >= 11 is 1.39. The molecule has 6 nitrogen and oxygen atoms in total. The summed E-state index contributed by atoms with van der Waals surface area (Å²) in [5.41, 5.74) is 1.41. The Morgan fingerprint density at radius 1 is 1.21 bits per heavy atom. The van der Waals surface area contributed by atoms with Crippen LogP contribution in [0.25, 0.3) is 0 Å². The van der Waals surface area contributed by atoms with Gasteiger partial charge in [0.05, 0.1) is 9.82 Å². The van der Waals surface area contributed by atoms with Gasteiger partial charge >= 0.3 is 0 Å². The lowest BCUT2D eigenvalue weighted by atomic mass is 10.2. The van der Waals surface area contributed by atoms with E-state index in [0.717, 1.165) is 31.5 Å². The molecule has 0 atom stereocenters. The molecule has 24 heavy (non-hydrogen) atoms. The number of rotatable bonds is 5. The Bertz CT molecular complexity index is 746. The van der Waals surface area contributed by atoms with Crippen molar-refractivity contribution in [3.8, 4) is 0 Å². The van der Waals surface area contributed by atoms with Crippen molar-refractivity contribution in [2.45, 2.75) is 23.5 Å². The van der Waals surface area contributed by atoms with Crippen LogP contribution in [0, 0.1) is 10.1 Å². The van der Waals surface area contributed by atoms with Gasteiger partial charge < -0.3 is 4.90 Å². The predicted octanol–water partition coefficient (Wildman–Crippen LogP) is 3.52. The number of hydrogen-bond donors (Lipinski definition) is 0. The normalized spacial score (nSPS) is 13.9. The number of nitro groups is 1. The van der Waals surface area contributed by atoms with E-state index >= 15 is 0 Å². The number of thioether (sulfide) groups is 1. The van der Waals surface area contributed by atoms with Gasteiger partial charge in [-0.2, -0.15) is 0 Å². The Kier molecular flexibility index (Phi) is 5.10. The number of carbonyl (C=O) groups excluding carboxylic acids is 1. The van der Waals surface area contributed by atoms with Gasteiger partial charge in [-0.25, -0.2) is 0 Å². The minimum atomic E-state index is -0.421. The highest BCUT2D eigenvalue weighted by Gasteiger charge is 2.23. The smallest absolute Gasteiger partial charge is 0.283 e. The van der Waals surface area contributed by atoms with Crippen LogP contribution in [-0.4, -0.2) is 33.8 Å². The molecule has 0 N–H and O–H groups in total. The number of aromatic nitrogens is 1. The van der Waals surface area contributed by atoms with Crippen LogP contribution < -0.4 is 0 Å². The molecule has 0 saturated carbocycles. The van der Waals surface area contributed by atoms with Gasteiger partial charge in [-0.3, -0.25) is 19.9 Å². The molecule has 0 aliphatic carbocycles. The van der Waals surface area contributed by atoms with Crippen molar-refractivity contribution in [2.24, 2.45) is 0 Å². The Balaban J connectivity index is 1.79. The monoisotopic (exact) mass is 343 g/mol. The molecule has 1 saturated heterocycles. The zero-order valence-electron chi connectivity index (χ0n) is 13.1. The molecule has 1 amide bonds. The van der Waals surface area contributed by atoms with Gasteiger partial charge in [0.25, 0.3) is 11.6 Å². The van der Waals surface area contributed by atoms with E-state index in [1.54, 1.807) is 29.4 Å². The molecule has 124 valence electrons. The standard InChI is InChI=1S/C17H17N3O3S/c21-17(19-9-1-2-10-19)14-3-4-16(15(11-14)20(22)23)24-12-13-5-7-18-8-6-13/h3-8,11H,1-2,9-10,12H2. The zero-order valence-corrected chi connectivity index (χ0v) is 13.9. The highest BCUT2D eigenvalue weighted by Crippen LogP contribution is 2.32. The first kappa shape index (κ1) is 16.4. The molecule has 1 aliphatic heterocycles. The highest BCUT2D eigenvalue weighted by atomic mass is 32.2. The minimum Gasteiger partial charge on any atom is -0.339 e. The Hall–Kier alpha value is -2.41. The van der Waals surface area contributed by atoms with E-state index in [4.69, 9.17) is 0 Å². The maximum absolute atomic E-state index is 12.4. The SMILES string of the molecule is O=C(c1ccc(SCc2ccncc2)c([N+](=O)[O-])c1)N1CCCC1. The van der Waals surface area contributed by atoms with Crippen molar-refractivity contribution in [3.05, 3.63) is 64.0 Å². The number of amides is 1. The lowest BCUT2D eigenvalue weighted by molar-refractivity contribution is -0.387. The summed E-state index contributed by atoms with van der Waals surface area (Å²) in [6.45, 7) is 1.45. The molecule has 7 heteroatoms. The van der Waals surface area contributed by atoms with Crippen LogP contribution in [-0.2, 0) is 5.75 Å². The van der Waals surface area contributed by atoms with Gasteiger partial charge in [0.1, 0.15) is 0 Å². The maximum atomic E-state index is 12.4. The second-order valence-electron chi connectivity index (χ2n) is 5.58. The number of hydrogen-bond acceptors (Lipinski definition) is 5. The molecule has 0 bridgehead atoms. The van der Waals surface area contributed by atoms with Crippen molar-refractivity contribution < 1.29 is 9.72 Å². The number of carbonyl (C=O) groups is 1. The van der Waals surface area contributed by atoms with Crippen LogP contribution in [0.3, 0.4) is 0 Å². The van der Waals surface area contributed by atoms with Crippen molar-refractivity contribution in [1.29, 1.82) is 0 Å². The van der Waals surface area contributed by atoms with Crippen molar-refractivity contribution in [2.75, 3.05) is 13.1 Å². The Morgan fingerprint density at radius 3 is 2.58 bits per heavy atom. The number of pyridine rings is 1. The van der Waals surface area contributed by atoms with E-state index in [1.807, 2.05) is 12.1 Å². The molecular weight excluding hydrogens is 326 g/mol. The van der Waals surface area contributed by atoms with E-state index in [1.165, 1.54) is 17.8 Å². The topological polar surface area (TPSA) is 76.3 Å². The zero-order chi connectivity index (χ0) is 16.9. The van der Waals surface area contributed by atoms with Crippen molar-refractivity contribution in [1.82, 2.24) is 9.88 Å². The lowest BCUT2D eigenvalue weighted by Gasteiger charge is -2.15. The summed E-state index contributed by atoms with van der Waals surface area (Å²) in [6.07, 6.45) is 5.38.